The third kappa shape index (κ3) is 2.99. The predicted octanol–water partition coefficient (Wildman–Crippen LogP) is 4.27. The van der Waals surface area contributed by atoms with Crippen molar-refractivity contribution in [1.29, 1.82) is 0 Å². The molecule has 0 spiro atoms. The molecule has 3 aromatic rings. The molecule has 6 heteroatoms. The Hall–Kier alpha value is -1.72. The van der Waals surface area contributed by atoms with Crippen LogP contribution in [0, 0.1) is 5.82 Å². The number of aromatic hydroxyl groups is 1. The van der Waals surface area contributed by atoms with Crippen LogP contribution >= 0.6 is 23.4 Å². The third-order valence-corrected chi connectivity index (χ3v) is 4.18. The fourth-order valence-electron chi connectivity index (χ4n) is 2.11. The average Bonchev–Trinajstić information content (AvgIpc) is 2.85. The third-order valence-electron chi connectivity index (χ3n) is 3.03. The van der Waals surface area contributed by atoms with E-state index >= 15 is 0 Å². The first kappa shape index (κ1) is 14.2. The molecule has 108 valence electrons. The van der Waals surface area contributed by atoms with Crippen LogP contribution in [0.2, 0.25) is 0 Å². The summed E-state index contributed by atoms with van der Waals surface area (Å²) in [6, 6.07) is 10.2. The normalized spacial score (nSPS) is 11.1. The summed E-state index contributed by atoms with van der Waals surface area (Å²) in [4.78, 5) is 1.72. The molecule has 0 saturated heterocycles. The Morgan fingerprint density at radius 1 is 1.19 bits per heavy atom. The van der Waals surface area contributed by atoms with Gasteiger partial charge in [0.05, 0.1) is 12.7 Å². The Kier molecular flexibility index (Phi) is 4.03. The maximum Gasteiger partial charge on any atom is 0.150 e. The number of nitrogens with zero attached hydrogens (tertiary/aromatic N) is 2. The van der Waals surface area contributed by atoms with Gasteiger partial charge in [-0.1, -0.05) is 11.8 Å². The van der Waals surface area contributed by atoms with Crippen LogP contribution in [0.25, 0.3) is 10.9 Å². The molecule has 3 nitrogen and oxygen atoms in total. The molecular weight excluding hydrogens is 311 g/mol. The van der Waals surface area contributed by atoms with Gasteiger partial charge in [0.15, 0.2) is 0 Å². The zero-order valence-electron chi connectivity index (χ0n) is 11.0. The van der Waals surface area contributed by atoms with Gasteiger partial charge in [-0.15, -0.1) is 11.6 Å². The summed E-state index contributed by atoms with van der Waals surface area (Å²) in [6.07, 6.45) is 1.64. The maximum absolute atomic E-state index is 14.3. The number of phenols is 1. The van der Waals surface area contributed by atoms with Gasteiger partial charge in [-0.05, 0) is 36.4 Å². The molecule has 0 aliphatic rings. The van der Waals surface area contributed by atoms with Crippen molar-refractivity contribution in [1.82, 2.24) is 9.78 Å². The lowest BCUT2D eigenvalue weighted by molar-refractivity contribution is 0.475. The predicted molar refractivity (Wildman–Crippen MR) is 82.6 cm³/mol. The van der Waals surface area contributed by atoms with E-state index in [1.54, 1.807) is 35.1 Å². The molecule has 0 aliphatic carbocycles. The molecule has 0 bridgehead atoms. The first-order valence-electron chi connectivity index (χ1n) is 6.35. The van der Waals surface area contributed by atoms with Crippen molar-refractivity contribution in [3.8, 4) is 5.75 Å². The number of hydrogen-bond acceptors (Lipinski definition) is 3. The van der Waals surface area contributed by atoms with Gasteiger partial charge >= 0.3 is 0 Å². The van der Waals surface area contributed by atoms with E-state index in [9.17, 15) is 9.50 Å². The molecular formula is C15H12ClFN2OS. The van der Waals surface area contributed by atoms with Gasteiger partial charge in [0, 0.05) is 21.1 Å². The summed E-state index contributed by atoms with van der Waals surface area (Å²) in [5.41, 5.74) is 0.478. The van der Waals surface area contributed by atoms with Gasteiger partial charge in [-0.3, -0.25) is 4.68 Å². The number of alkyl halides is 1. The first-order valence-corrected chi connectivity index (χ1v) is 7.70. The molecule has 2 aromatic carbocycles. The number of phenolic OH excluding ortho intramolecular Hbond substituents is 1. The van der Waals surface area contributed by atoms with Crippen molar-refractivity contribution in [2.45, 2.75) is 16.3 Å². The molecule has 1 heterocycles. The Labute approximate surface area is 130 Å². The largest absolute Gasteiger partial charge is 0.508 e. The minimum absolute atomic E-state index is 0.211. The zero-order chi connectivity index (χ0) is 14.8. The Morgan fingerprint density at radius 3 is 2.67 bits per heavy atom. The number of rotatable bonds is 4. The first-order chi connectivity index (χ1) is 10.2. The molecule has 0 radical (unpaired) electrons. The van der Waals surface area contributed by atoms with Crippen molar-refractivity contribution in [2.75, 3.05) is 5.88 Å². The smallest absolute Gasteiger partial charge is 0.150 e. The summed E-state index contributed by atoms with van der Waals surface area (Å²) in [5, 5.41) is 14.2. The SMILES string of the molecule is Oc1ccc(Sc2cc(F)c3c(cnn3CCCl)c2)cc1. The molecule has 0 atom stereocenters. The summed E-state index contributed by atoms with van der Waals surface area (Å²) in [7, 11) is 0. The topological polar surface area (TPSA) is 38.1 Å². The Bertz CT molecular complexity index is 773. The second-order valence-electron chi connectivity index (χ2n) is 4.50. The van der Waals surface area contributed by atoms with E-state index in [0.717, 1.165) is 15.2 Å². The number of benzene rings is 2. The van der Waals surface area contributed by atoms with Gasteiger partial charge < -0.3 is 5.11 Å². The van der Waals surface area contributed by atoms with Crippen molar-refractivity contribution < 1.29 is 9.50 Å². The summed E-state index contributed by atoms with van der Waals surface area (Å²) in [6.45, 7) is 0.479. The highest BCUT2D eigenvalue weighted by Gasteiger charge is 2.11. The molecule has 0 unspecified atom stereocenters. The summed E-state index contributed by atoms with van der Waals surface area (Å²) >= 11 is 7.12. The average molecular weight is 323 g/mol. The summed E-state index contributed by atoms with van der Waals surface area (Å²) in [5.74, 6) is 0.292. The van der Waals surface area contributed by atoms with Crippen molar-refractivity contribution in [3.63, 3.8) is 0 Å². The molecule has 1 aromatic heterocycles. The van der Waals surface area contributed by atoms with Gasteiger partial charge in [0.25, 0.3) is 0 Å². The molecule has 1 N–H and O–H groups in total. The minimum Gasteiger partial charge on any atom is -0.508 e. The molecule has 0 saturated carbocycles. The maximum atomic E-state index is 14.3. The van der Waals surface area contributed by atoms with Crippen LogP contribution in [-0.2, 0) is 6.54 Å². The van der Waals surface area contributed by atoms with Crippen molar-refractivity contribution >= 4 is 34.3 Å². The highest BCUT2D eigenvalue weighted by molar-refractivity contribution is 7.99. The molecule has 0 aliphatic heterocycles. The highest BCUT2D eigenvalue weighted by Crippen LogP contribution is 2.32. The van der Waals surface area contributed by atoms with Gasteiger partial charge in [-0.25, -0.2) is 4.39 Å². The number of aromatic nitrogens is 2. The van der Waals surface area contributed by atoms with E-state index in [4.69, 9.17) is 11.6 Å². The fraction of sp³-hybridized carbons (Fsp3) is 0.133. The number of hydrogen-bond donors (Lipinski definition) is 1. The van der Waals surface area contributed by atoms with Crippen LogP contribution < -0.4 is 0 Å². The van der Waals surface area contributed by atoms with E-state index in [-0.39, 0.29) is 11.6 Å². The Balaban J connectivity index is 1.95. The van der Waals surface area contributed by atoms with E-state index in [1.165, 1.54) is 17.8 Å². The van der Waals surface area contributed by atoms with Gasteiger partial charge in [0.1, 0.15) is 17.1 Å². The number of fused-ring (bicyclic) bond motifs is 1. The van der Waals surface area contributed by atoms with Crippen LogP contribution in [0.3, 0.4) is 0 Å². The number of halogens is 2. The van der Waals surface area contributed by atoms with E-state index < -0.39 is 0 Å². The van der Waals surface area contributed by atoms with E-state index in [2.05, 4.69) is 5.10 Å². The molecule has 21 heavy (non-hydrogen) atoms. The van der Waals surface area contributed by atoms with Crippen LogP contribution in [0.15, 0.2) is 52.4 Å². The number of aryl methyl sites for hydroxylation is 1. The van der Waals surface area contributed by atoms with Crippen LogP contribution in [0.5, 0.6) is 5.75 Å². The van der Waals surface area contributed by atoms with Crippen molar-refractivity contribution in [3.05, 3.63) is 48.4 Å². The lowest BCUT2D eigenvalue weighted by Gasteiger charge is -2.05. The second kappa shape index (κ2) is 5.95. The van der Waals surface area contributed by atoms with Gasteiger partial charge in [0.2, 0.25) is 0 Å². The summed E-state index contributed by atoms with van der Waals surface area (Å²) < 4.78 is 15.8. The van der Waals surface area contributed by atoms with Crippen molar-refractivity contribution in [2.24, 2.45) is 0 Å². The van der Waals surface area contributed by atoms with Crippen LogP contribution in [0.1, 0.15) is 0 Å². The van der Waals surface area contributed by atoms with Crippen LogP contribution in [-0.4, -0.2) is 20.8 Å². The van der Waals surface area contributed by atoms with Gasteiger partial charge in [-0.2, -0.15) is 5.10 Å². The monoisotopic (exact) mass is 322 g/mol. The second-order valence-corrected chi connectivity index (χ2v) is 6.02. The molecule has 3 rings (SSSR count). The molecule has 0 fully saturated rings. The highest BCUT2D eigenvalue weighted by atomic mass is 35.5. The standard InChI is InChI=1S/C15H12ClFN2OS/c16-5-6-19-15-10(9-18-19)7-13(8-14(15)17)21-12-3-1-11(20)2-4-12/h1-4,7-9,20H,5-6H2. The van der Waals surface area contributed by atoms with E-state index in [1.807, 2.05) is 6.07 Å². The molecule has 0 amide bonds. The fourth-order valence-corrected chi connectivity index (χ4v) is 3.17. The van der Waals surface area contributed by atoms with Crippen LogP contribution in [0.4, 0.5) is 4.39 Å². The quantitative estimate of drug-likeness (QED) is 0.729. The lowest BCUT2D eigenvalue weighted by atomic mass is 10.2. The zero-order valence-corrected chi connectivity index (χ0v) is 12.5. The minimum atomic E-state index is -0.309. The Morgan fingerprint density at radius 2 is 1.95 bits per heavy atom. The lowest BCUT2D eigenvalue weighted by Crippen LogP contribution is -2.01. The van der Waals surface area contributed by atoms with E-state index in [0.29, 0.717) is 17.9 Å².